The van der Waals surface area contributed by atoms with E-state index in [2.05, 4.69) is 25.9 Å². The number of carbonyl (C=O) groups is 2. The number of carbonyl (C=O) groups excluding carboxylic acids is 2. The van der Waals surface area contributed by atoms with Crippen LogP contribution in [0, 0.1) is 0 Å². The first-order valence-electron chi connectivity index (χ1n) is 10.7. The highest BCUT2D eigenvalue weighted by molar-refractivity contribution is 5.95. The van der Waals surface area contributed by atoms with Gasteiger partial charge in [0.25, 0.3) is 5.91 Å². The molecule has 0 saturated carbocycles. The molecule has 1 saturated heterocycles. The van der Waals surface area contributed by atoms with Crippen LogP contribution < -0.4 is 9.47 Å². The zero-order valence-electron chi connectivity index (χ0n) is 18.5. The summed E-state index contributed by atoms with van der Waals surface area (Å²) in [4.78, 5) is 27.1. The van der Waals surface area contributed by atoms with E-state index in [0.717, 1.165) is 18.5 Å². The standard InChI is InChI=1S/C23H29N3O5/c1-5-29-22(28)17-13-20(23(2,3)4)26(24-17)16-8-10-25(11-9-16)21(27)15-6-7-18-19(12-15)31-14-30-18/h6-7,12-13,16H,5,8-11,14H2,1-4H3. The summed E-state index contributed by atoms with van der Waals surface area (Å²) in [7, 11) is 0. The molecule has 0 aliphatic carbocycles. The monoisotopic (exact) mass is 427 g/mol. The van der Waals surface area contributed by atoms with Gasteiger partial charge in [0, 0.05) is 29.8 Å². The normalized spacial score (nSPS) is 16.5. The number of fused-ring (bicyclic) bond motifs is 1. The van der Waals surface area contributed by atoms with Gasteiger partial charge in [0.05, 0.1) is 12.6 Å². The molecule has 1 aromatic heterocycles. The van der Waals surface area contributed by atoms with E-state index >= 15 is 0 Å². The largest absolute Gasteiger partial charge is 0.461 e. The molecule has 8 nitrogen and oxygen atoms in total. The first kappa shape index (κ1) is 21.2. The van der Waals surface area contributed by atoms with Crippen LogP contribution in [-0.4, -0.2) is 53.0 Å². The number of piperidine rings is 1. The fourth-order valence-corrected chi connectivity index (χ4v) is 4.06. The molecule has 1 fully saturated rings. The summed E-state index contributed by atoms with van der Waals surface area (Å²) in [6, 6.07) is 7.26. The van der Waals surface area contributed by atoms with Crippen molar-refractivity contribution in [2.75, 3.05) is 26.5 Å². The van der Waals surface area contributed by atoms with Gasteiger partial charge in [-0.3, -0.25) is 9.48 Å². The Labute approximate surface area is 182 Å². The van der Waals surface area contributed by atoms with Gasteiger partial charge < -0.3 is 19.1 Å². The van der Waals surface area contributed by atoms with Crippen LogP contribution in [0.5, 0.6) is 11.5 Å². The highest BCUT2D eigenvalue weighted by Crippen LogP contribution is 2.34. The number of ether oxygens (including phenoxy) is 3. The molecular weight excluding hydrogens is 398 g/mol. The zero-order valence-corrected chi connectivity index (χ0v) is 18.5. The Balaban J connectivity index is 1.48. The molecule has 0 bridgehead atoms. The lowest BCUT2D eigenvalue weighted by Gasteiger charge is -2.34. The van der Waals surface area contributed by atoms with Gasteiger partial charge in [0.2, 0.25) is 6.79 Å². The maximum Gasteiger partial charge on any atom is 0.358 e. The third kappa shape index (κ3) is 4.24. The Hall–Kier alpha value is -3.03. The van der Waals surface area contributed by atoms with Crippen molar-refractivity contribution < 1.29 is 23.8 Å². The number of hydrogen-bond donors (Lipinski definition) is 0. The maximum atomic E-state index is 13.0. The van der Waals surface area contributed by atoms with E-state index in [1.807, 2.05) is 15.6 Å². The summed E-state index contributed by atoms with van der Waals surface area (Å²) in [6.45, 7) is 9.84. The van der Waals surface area contributed by atoms with Gasteiger partial charge in [-0.05, 0) is 44.0 Å². The molecule has 1 amide bonds. The summed E-state index contributed by atoms with van der Waals surface area (Å²) >= 11 is 0. The van der Waals surface area contributed by atoms with Crippen LogP contribution in [0.4, 0.5) is 0 Å². The molecule has 1 aromatic carbocycles. The number of likely N-dealkylation sites (tertiary alicyclic amines) is 1. The van der Waals surface area contributed by atoms with Crippen molar-refractivity contribution in [2.45, 2.75) is 52.0 Å². The molecular formula is C23H29N3O5. The Morgan fingerprint density at radius 1 is 1.13 bits per heavy atom. The number of amides is 1. The maximum absolute atomic E-state index is 13.0. The lowest BCUT2D eigenvalue weighted by molar-refractivity contribution is 0.0517. The van der Waals surface area contributed by atoms with E-state index in [-0.39, 0.29) is 24.2 Å². The molecule has 0 radical (unpaired) electrons. The molecule has 2 aliphatic rings. The molecule has 2 aromatic rings. The van der Waals surface area contributed by atoms with Crippen molar-refractivity contribution in [1.82, 2.24) is 14.7 Å². The quantitative estimate of drug-likeness (QED) is 0.694. The summed E-state index contributed by atoms with van der Waals surface area (Å²) in [5.41, 5.74) is 1.76. The Morgan fingerprint density at radius 3 is 2.52 bits per heavy atom. The predicted molar refractivity (Wildman–Crippen MR) is 114 cm³/mol. The van der Waals surface area contributed by atoms with Crippen LogP contribution in [0.25, 0.3) is 0 Å². The number of hydrogen-bond acceptors (Lipinski definition) is 6. The SMILES string of the molecule is CCOC(=O)c1cc(C(C)(C)C)n(C2CCN(C(=O)c3ccc4c(c3)OCO4)CC2)n1. The minimum Gasteiger partial charge on any atom is -0.461 e. The van der Waals surface area contributed by atoms with Gasteiger partial charge in [0.1, 0.15) is 0 Å². The average Bonchev–Trinajstić information content (AvgIpc) is 3.40. The van der Waals surface area contributed by atoms with Crippen LogP contribution in [-0.2, 0) is 10.2 Å². The van der Waals surface area contributed by atoms with Crippen molar-refractivity contribution >= 4 is 11.9 Å². The third-order valence-electron chi connectivity index (χ3n) is 5.71. The second kappa shape index (κ2) is 8.24. The van der Waals surface area contributed by atoms with Crippen molar-refractivity contribution in [2.24, 2.45) is 0 Å². The van der Waals surface area contributed by atoms with Crippen LogP contribution in [0.3, 0.4) is 0 Å². The Bertz CT molecular complexity index is 984. The molecule has 0 N–H and O–H groups in total. The lowest BCUT2D eigenvalue weighted by atomic mass is 9.91. The van der Waals surface area contributed by atoms with E-state index < -0.39 is 5.97 Å². The smallest absolute Gasteiger partial charge is 0.358 e. The first-order chi connectivity index (χ1) is 14.8. The molecule has 4 rings (SSSR count). The molecule has 2 aliphatic heterocycles. The molecule has 166 valence electrons. The lowest BCUT2D eigenvalue weighted by Crippen LogP contribution is -2.40. The number of esters is 1. The van der Waals surface area contributed by atoms with Crippen molar-refractivity contribution in [3.8, 4) is 11.5 Å². The fourth-order valence-electron chi connectivity index (χ4n) is 4.06. The van der Waals surface area contributed by atoms with Crippen LogP contribution in [0.1, 0.15) is 73.1 Å². The average molecular weight is 428 g/mol. The number of benzene rings is 1. The van der Waals surface area contributed by atoms with Gasteiger partial charge in [0.15, 0.2) is 17.2 Å². The molecule has 31 heavy (non-hydrogen) atoms. The summed E-state index contributed by atoms with van der Waals surface area (Å²) in [6.07, 6.45) is 1.53. The van der Waals surface area contributed by atoms with Crippen molar-refractivity contribution in [3.05, 3.63) is 41.2 Å². The number of aromatic nitrogens is 2. The Kier molecular flexibility index (Phi) is 5.64. The van der Waals surface area contributed by atoms with Gasteiger partial charge >= 0.3 is 5.97 Å². The zero-order chi connectivity index (χ0) is 22.2. The minimum absolute atomic E-state index is 0.0135. The van der Waals surface area contributed by atoms with E-state index in [1.54, 1.807) is 25.1 Å². The minimum atomic E-state index is -0.401. The van der Waals surface area contributed by atoms with Crippen LogP contribution in [0.2, 0.25) is 0 Å². The second-order valence-electron chi connectivity index (χ2n) is 8.92. The first-order valence-corrected chi connectivity index (χ1v) is 10.7. The molecule has 0 unspecified atom stereocenters. The van der Waals surface area contributed by atoms with Gasteiger partial charge in [-0.15, -0.1) is 0 Å². The molecule has 0 spiro atoms. The fraction of sp³-hybridized carbons (Fsp3) is 0.522. The second-order valence-corrected chi connectivity index (χ2v) is 8.92. The highest BCUT2D eigenvalue weighted by atomic mass is 16.7. The van der Waals surface area contributed by atoms with Gasteiger partial charge in [-0.1, -0.05) is 20.8 Å². The molecule has 3 heterocycles. The highest BCUT2D eigenvalue weighted by Gasteiger charge is 2.31. The summed E-state index contributed by atoms with van der Waals surface area (Å²) in [5.74, 6) is 0.863. The summed E-state index contributed by atoms with van der Waals surface area (Å²) in [5, 5.41) is 4.59. The van der Waals surface area contributed by atoms with E-state index in [9.17, 15) is 9.59 Å². The van der Waals surface area contributed by atoms with Crippen LogP contribution in [0.15, 0.2) is 24.3 Å². The summed E-state index contributed by atoms with van der Waals surface area (Å²) < 4.78 is 17.8. The van der Waals surface area contributed by atoms with E-state index in [0.29, 0.717) is 42.5 Å². The van der Waals surface area contributed by atoms with Crippen molar-refractivity contribution in [3.63, 3.8) is 0 Å². The molecule has 8 heteroatoms. The Morgan fingerprint density at radius 2 is 1.84 bits per heavy atom. The predicted octanol–water partition coefficient (Wildman–Crippen LogP) is 3.56. The third-order valence-corrected chi connectivity index (χ3v) is 5.71. The number of nitrogens with zero attached hydrogens (tertiary/aromatic N) is 3. The van der Waals surface area contributed by atoms with Gasteiger partial charge in [-0.2, -0.15) is 5.10 Å². The van der Waals surface area contributed by atoms with Crippen molar-refractivity contribution in [1.29, 1.82) is 0 Å². The number of rotatable bonds is 4. The van der Waals surface area contributed by atoms with E-state index in [4.69, 9.17) is 14.2 Å². The van der Waals surface area contributed by atoms with Crippen LogP contribution >= 0.6 is 0 Å². The topological polar surface area (TPSA) is 82.9 Å². The molecule has 0 atom stereocenters. The van der Waals surface area contributed by atoms with E-state index in [1.165, 1.54) is 0 Å². The van der Waals surface area contributed by atoms with Gasteiger partial charge in [-0.25, -0.2) is 4.79 Å².